The van der Waals surface area contributed by atoms with Gasteiger partial charge in [0.2, 0.25) is 0 Å². The topological polar surface area (TPSA) is 92.6 Å². The summed E-state index contributed by atoms with van der Waals surface area (Å²) in [4.78, 5) is 35.7. The highest BCUT2D eigenvalue weighted by molar-refractivity contribution is 7.80. The van der Waals surface area contributed by atoms with Crippen LogP contribution in [0.5, 0.6) is 0 Å². The van der Waals surface area contributed by atoms with E-state index in [4.69, 9.17) is 12.2 Å². The quantitative estimate of drug-likeness (QED) is 0.298. The second-order valence-electron chi connectivity index (χ2n) is 4.56. The Bertz CT molecular complexity index is 755. The van der Waals surface area contributed by atoms with Crippen LogP contribution in [0.4, 0.5) is 5.69 Å². The molecule has 118 valence electrons. The van der Waals surface area contributed by atoms with Gasteiger partial charge in [-0.2, -0.15) is 0 Å². The second-order valence-corrected chi connectivity index (χ2v) is 4.95. The first-order valence-electron chi connectivity index (χ1n) is 6.74. The zero-order valence-electron chi connectivity index (χ0n) is 12.2. The molecule has 8 heteroatoms. The monoisotopic (exact) mass is 331 g/mol. The Kier molecular flexibility index (Phi) is 4.97. The largest absolute Gasteiger partial charge is 0.298 e. The number of allylic oxidation sites excluding steroid dienone is 2. The first-order chi connectivity index (χ1) is 11.0. The van der Waals surface area contributed by atoms with Gasteiger partial charge in [-0.3, -0.25) is 29.9 Å². The molecule has 1 aliphatic rings. The van der Waals surface area contributed by atoms with E-state index < -0.39 is 16.7 Å². The lowest BCUT2D eigenvalue weighted by Crippen LogP contribution is -2.53. The summed E-state index contributed by atoms with van der Waals surface area (Å²) in [5, 5.41) is 13.4. The zero-order valence-corrected chi connectivity index (χ0v) is 13.0. The van der Waals surface area contributed by atoms with Crippen molar-refractivity contribution in [2.75, 3.05) is 6.54 Å². The number of thiocarbonyl (C=S) groups is 1. The third kappa shape index (κ3) is 3.49. The van der Waals surface area contributed by atoms with Crippen molar-refractivity contribution in [1.82, 2.24) is 10.2 Å². The summed E-state index contributed by atoms with van der Waals surface area (Å²) in [5.41, 5.74) is 0.245. The molecule has 1 aromatic carbocycles. The maximum Gasteiger partial charge on any atom is 0.276 e. The van der Waals surface area contributed by atoms with Crippen LogP contribution in [0.2, 0.25) is 0 Å². The van der Waals surface area contributed by atoms with Crippen molar-refractivity contribution in [1.29, 1.82) is 0 Å². The van der Waals surface area contributed by atoms with Gasteiger partial charge in [0.15, 0.2) is 5.11 Å². The molecule has 1 saturated heterocycles. The van der Waals surface area contributed by atoms with Crippen molar-refractivity contribution >= 4 is 40.9 Å². The van der Waals surface area contributed by atoms with E-state index >= 15 is 0 Å². The van der Waals surface area contributed by atoms with Gasteiger partial charge in [0.25, 0.3) is 17.5 Å². The Labute approximate surface area is 137 Å². The van der Waals surface area contributed by atoms with Crippen molar-refractivity contribution in [2.24, 2.45) is 0 Å². The maximum atomic E-state index is 12.2. The van der Waals surface area contributed by atoms with Gasteiger partial charge in [-0.1, -0.05) is 18.2 Å². The molecule has 0 saturated carbocycles. The van der Waals surface area contributed by atoms with Gasteiger partial charge in [0, 0.05) is 12.6 Å². The molecule has 1 N–H and O–H groups in total. The van der Waals surface area contributed by atoms with Crippen LogP contribution in [0, 0.1) is 10.1 Å². The van der Waals surface area contributed by atoms with Crippen LogP contribution < -0.4 is 5.32 Å². The lowest BCUT2D eigenvalue weighted by atomic mass is 10.1. The van der Waals surface area contributed by atoms with Crippen molar-refractivity contribution in [3.63, 3.8) is 0 Å². The number of rotatable bonds is 4. The average molecular weight is 331 g/mol. The number of nitrogens with one attached hydrogen (secondary N) is 1. The normalized spacial score (nSPS) is 17.0. The predicted molar refractivity (Wildman–Crippen MR) is 88.3 cm³/mol. The van der Waals surface area contributed by atoms with Crippen LogP contribution in [0.15, 0.2) is 42.0 Å². The minimum atomic E-state index is -0.586. The fraction of sp³-hybridized carbons (Fsp3) is 0.133. The Morgan fingerprint density at radius 1 is 1.35 bits per heavy atom. The molecule has 1 aromatic rings. The van der Waals surface area contributed by atoms with E-state index in [-0.39, 0.29) is 16.4 Å². The van der Waals surface area contributed by atoms with Gasteiger partial charge >= 0.3 is 0 Å². The molecule has 2 amide bonds. The van der Waals surface area contributed by atoms with Gasteiger partial charge in [0.1, 0.15) is 5.57 Å². The Morgan fingerprint density at radius 3 is 2.70 bits per heavy atom. The number of nitro groups is 1. The number of likely N-dealkylation sites (N-methyl/N-ethyl adjacent to an activating group) is 1. The smallest absolute Gasteiger partial charge is 0.276 e. The molecular weight excluding hydrogens is 318 g/mol. The summed E-state index contributed by atoms with van der Waals surface area (Å²) >= 11 is 4.92. The molecule has 0 radical (unpaired) electrons. The van der Waals surface area contributed by atoms with Gasteiger partial charge in [0.05, 0.1) is 10.5 Å². The van der Waals surface area contributed by atoms with Crippen LogP contribution in [0.25, 0.3) is 6.08 Å². The van der Waals surface area contributed by atoms with Crippen LogP contribution in [0.3, 0.4) is 0 Å². The third-order valence-corrected chi connectivity index (χ3v) is 3.50. The molecular formula is C15H13N3O4S. The predicted octanol–water partition coefficient (Wildman–Crippen LogP) is 1.80. The molecule has 0 aliphatic carbocycles. The molecule has 2 rings (SSSR count). The SMILES string of the molecule is CCN1C(=O)/C(=C\C=C/c2ccccc2[N+](=O)[O-])C(=O)NC1=S. The van der Waals surface area contributed by atoms with E-state index in [0.29, 0.717) is 12.1 Å². The molecule has 0 aromatic heterocycles. The molecule has 0 bridgehead atoms. The highest BCUT2D eigenvalue weighted by Crippen LogP contribution is 2.19. The molecule has 0 unspecified atom stereocenters. The average Bonchev–Trinajstić information content (AvgIpc) is 2.51. The summed E-state index contributed by atoms with van der Waals surface area (Å²) in [6, 6.07) is 6.17. The summed E-state index contributed by atoms with van der Waals surface area (Å²) < 4.78 is 0. The number of hydrogen-bond acceptors (Lipinski definition) is 5. The molecule has 0 spiro atoms. The Hall–Kier alpha value is -2.87. The summed E-state index contributed by atoms with van der Waals surface area (Å²) in [6.07, 6.45) is 4.21. The number of benzene rings is 1. The van der Waals surface area contributed by atoms with Crippen molar-refractivity contribution in [3.8, 4) is 0 Å². The number of para-hydroxylation sites is 1. The highest BCUT2D eigenvalue weighted by Gasteiger charge is 2.31. The first-order valence-corrected chi connectivity index (χ1v) is 7.15. The van der Waals surface area contributed by atoms with Crippen LogP contribution in [-0.2, 0) is 9.59 Å². The number of nitro benzene ring substituents is 1. The Morgan fingerprint density at radius 2 is 2.04 bits per heavy atom. The van der Waals surface area contributed by atoms with Crippen LogP contribution in [-0.4, -0.2) is 33.3 Å². The third-order valence-electron chi connectivity index (χ3n) is 3.17. The van der Waals surface area contributed by atoms with Crippen molar-refractivity contribution in [3.05, 3.63) is 57.7 Å². The first kappa shape index (κ1) is 16.5. The molecule has 7 nitrogen and oxygen atoms in total. The zero-order chi connectivity index (χ0) is 17.0. The Balaban J connectivity index is 2.29. The lowest BCUT2D eigenvalue weighted by molar-refractivity contribution is -0.385. The minimum absolute atomic E-state index is 0.0575. The van der Waals surface area contributed by atoms with E-state index in [1.165, 1.54) is 29.2 Å². The summed E-state index contributed by atoms with van der Waals surface area (Å²) in [6.45, 7) is 2.08. The van der Waals surface area contributed by atoms with Crippen molar-refractivity contribution in [2.45, 2.75) is 6.92 Å². The fourth-order valence-corrected chi connectivity index (χ4v) is 2.35. The molecule has 1 fully saturated rings. The molecule has 1 aliphatic heterocycles. The standard InChI is InChI=1S/C15H13N3O4S/c1-2-17-14(20)11(13(19)16-15(17)23)8-5-7-10-6-3-4-9-12(10)18(21)22/h3-9H,2H2,1H3,(H,16,19,23)/b7-5-,11-8-. The van der Waals surface area contributed by atoms with Crippen LogP contribution >= 0.6 is 12.2 Å². The number of carbonyl (C=O) groups is 2. The van der Waals surface area contributed by atoms with Gasteiger partial charge < -0.3 is 0 Å². The second kappa shape index (κ2) is 6.93. The van der Waals surface area contributed by atoms with E-state index in [2.05, 4.69) is 5.32 Å². The van der Waals surface area contributed by atoms with Crippen molar-refractivity contribution < 1.29 is 14.5 Å². The van der Waals surface area contributed by atoms with E-state index in [9.17, 15) is 19.7 Å². The van der Waals surface area contributed by atoms with Gasteiger partial charge in [-0.25, -0.2) is 0 Å². The van der Waals surface area contributed by atoms with Gasteiger partial charge in [-0.05, 0) is 37.4 Å². The van der Waals surface area contributed by atoms with E-state index in [1.807, 2.05) is 0 Å². The fourth-order valence-electron chi connectivity index (χ4n) is 2.04. The number of nitrogens with zero attached hydrogens (tertiary/aromatic N) is 2. The summed E-state index contributed by atoms with van der Waals surface area (Å²) in [7, 11) is 0. The molecule has 0 atom stereocenters. The summed E-state index contributed by atoms with van der Waals surface area (Å²) in [5.74, 6) is -1.08. The number of amides is 2. The lowest BCUT2D eigenvalue weighted by Gasteiger charge is -2.27. The van der Waals surface area contributed by atoms with E-state index in [1.54, 1.807) is 25.1 Å². The van der Waals surface area contributed by atoms with Gasteiger partial charge in [-0.15, -0.1) is 0 Å². The van der Waals surface area contributed by atoms with E-state index in [0.717, 1.165) is 0 Å². The highest BCUT2D eigenvalue weighted by atomic mass is 32.1. The minimum Gasteiger partial charge on any atom is -0.298 e. The number of hydrogen-bond donors (Lipinski definition) is 1. The molecule has 23 heavy (non-hydrogen) atoms. The molecule has 1 heterocycles. The number of carbonyl (C=O) groups excluding carboxylic acids is 2. The van der Waals surface area contributed by atoms with Crippen LogP contribution in [0.1, 0.15) is 12.5 Å². The maximum absolute atomic E-state index is 12.2.